The average Bonchev–Trinajstić information content (AvgIpc) is 3.60. The molecular formula is C26H26Cl3FN4O2S. The Morgan fingerprint density at radius 1 is 1.19 bits per heavy atom. The Bertz CT molecular complexity index is 1280. The maximum atomic E-state index is 14.1. The van der Waals surface area contributed by atoms with Crippen molar-refractivity contribution in [2.45, 2.75) is 50.4 Å². The van der Waals surface area contributed by atoms with Gasteiger partial charge in [0.2, 0.25) is 5.91 Å². The summed E-state index contributed by atoms with van der Waals surface area (Å²) < 4.78 is 22.0. The van der Waals surface area contributed by atoms with E-state index in [0.29, 0.717) is 33.5 Å². The fourth-order valence-electron chi connectivity index (χ4n) is 5.66. The van der Waals surface area contributed by atoms with Gasteiger partial charge >= 0.3 is 0 Å². The van der Waals surface area contributed by atoms with Gasteiger partial charge in [0, 0.05) is 11.1 Å². The number of carbonyl (C=O) groups is 1. The third-order valence-corrected chi connectivity index (χ3v) is 9.11. The number of benzene rings is 2. The van der Waals surface area contributed by atoms with E-state index in [1.165, 1.54) is 55.6 Å². The molecule has 6 nitrogen and oxygen atoms in total. The lowest BCUT2D eigenvalue weighted by Crippen LogP contribution is -2.25. The van der Waals surface area contributed by atoms with Gasteiger partial charge in [0.25, 0.3) is 0 Å². The number of anilines is 1. The molecule has 0 saturated heterocycles. The maximum Gasteiger partial charge on any atom is 0.234 e. The summed E-state index contributed by atoms with van der Waals surface area (Å²) in [6.45, 7) is 2.25. The number of fused-ring (bicyclic) bond motifs is 2. The van der Waals surface area contributed by atoms with Crippen LogP contribution in [0.15, 0.2) is 41.6 Å². The standard InChI is InChI=1S/C26H26Cl3FN4O2S/c1-14(18-9-15-6-7-16(18)8-15)34-23(12-36-22-5-3-2-4-21(22)30)32-33-26(34)37-13-24(35)31-25-19(28)10-17(27)11-20(25)29/h2-5,10-11,14-16,18H,6-9,12-13H2,1H3,(H,31,35)/t14-,15-,16-,18+/m1/s1. The fourth-order valence-corrected chi connectivity index (χ4v) is 7.41. The minimum Gasteiger partial charge on any atom is -0.483 e. The monoisotopic (exact) mass is 582 g/mol. The minimum atomic E-state index is -0.430. The van der Waals surface area contributed by atoms with Crippen LogP contribution in [0.4, 0.5) is 10.1 Å². The smallest absolute Gasteiger partial charge is 0.234 e. The highest BCUT2D eigenvalue weighted by Crippen LogP contribution is 2.52. The lowest BCUT2D eigenvalue weighted by Gasteiger charge is -2.30. The van der Waals surface area contributed by atoms with Crippen LogP contribution < -0.4 is 10.1 Å². The number of amides is 1. The zero-order valence-corrected chi connectivity index (χ0v) is 23.2. The molecule has 2 aromatic carbocycles. The second kappa shape index (κ2) is 11.4. The molecule has 11 heteroatoms. The molecule has 4 atom stereocenters. The van der Waals surface area contributed by atoms with E-state index in [9.17, 15) is 9.18 Å². The first-order valence-corrected chi connectivity index (χ1v) is 14.3. The SMILES string of the molecule is C[C@H]([C@@H]1C[C@@H]2CC[C@@H]1C2)n1c(COc2ccccc2F)nnc1SCC(=O)Nc1c(Cl)cc(Cl)cc1Cl. The molecule has 0 spiro atoms. The number of hydrogen-bond donors (Lipinski definition) is 1. The van der Waals surface area contributed by atoms with Crippen molar-refractivity contribution in [3.8, 4) is 5.75 Å². The summed E-state index contributed by atoms with van der Waals surface area (Å²) in [5.41, 5.74) is 0.314. The third kappa shape index (κ3) is 5.87. The predicted octanol–water partition coefficient (Wildman–Crippen LogP) is 7.68. The van der Waals surface area contributed by atoms with Gasteiger partial charge in [-0.25, -0.2) is 4.39 Å². The topological polar surface area (TPSA) is 69.0 Å². The highest BCUT2D eigenvalue weighted by atomic mass is 35.5. The van der Waals surface area contributed by atoms with E-state index in [1.54, 1.807) is 18.2 Å². The molecule has 3 aromatic rings. The molecule has 0 aliphatic heterocycles. The molecule has 1 amide bonds. The highest BCUT2D eigenvalue weighted by Gasteiger charge is 2.43. The number of thioether (sulfide) groups is 1. The number of hydrogen-bond acceptors (Lipinski definition) is 5. The van der Waals surface area contributed by atoms with Gasteiger partial charge in [-0.1, -0.05) is 65.1 Å². The number of aromatic nitrogens is 3. The van der Waals surface area contributed by atoms with Crippen molar-refractivity contribution in [3.63, 3.8) is 0 Å². The van der Waals surface area contributed by atoms with Gasteiger partial charge < -0.3 is 10.1 Å². The largest absolute Gasteiger partial charge is 0.483 e. The number of nitrogens with one attached hydrogen (secondary N) is 1. The third-order valence-electron chi connectivity index (χ3n) is 7.35. The summed E-state index contributed by atoms with van der Waals surface area (Å²) in [6, 6.07) is 9.45. The maximum absolute atomic E-state index is 14.1. The van der Waals surface area contributed by atoms with E-state index >= 15 is 0 Å². The Balaban J connectivity index is 1.33. The molecule has 1 N–H and O–H groups in total. The van der Waals surface area contributed by atoms with Crippen LogP contribution in [0.3, 0.4) is 0 Å². The summed E-state index contributed by atoms with van der Waals surface area (Å²) in [7, 11) is 0. The van der Waals surface area contributed by atoms with Crippen LogP contribution in [0, 0.1) is 23.6 Å². The second-order valence-electron chi connectivity index (χ2n) is 9.65. The van der Waals surface area contributed by atoms with Crippen LogP contribution in [0.25, 0.3) is 0 Å². The number of nitrogens with zero attached hydrogens (tertiary/aromatic N) is 3. The van der Waals surface area contributed by atoms with Gasteiger partial charge in [0.15, 0.2) is 22.5 Å². The molecule has 1 aromatic heterocycles. The zero-order chi connectivity index (χ0) is 26.1. The molecule has 196 valence electrons. The average molecular weight is 584 g/mol. The molecule has 5 rings (SSSR count). The second-order valence-corrected chi connectivity index (χ2v) is 11.8. The molecule has 0 radical (unpaired) electrons. The fraction of sp³-hybridized carbons (Fsp3) is 0.423. The van der Waals surface area contributed by atoms with E-state index < -0.39 is 5.82 Å². The van der Waals surface area contributed by atoms with Crippen LogP contribution in [-0.4, -0.2) is 26.4 Å². The van der Waals surface area contributed by atoms with Crippen molar-refractivity contribution < 1.29 is 13.9 Å². The lowest BCUT2D eigenvalue weighted by atomic mass is 9.84. The van der Waals surface area contributed by atoms with Crippen LogP contribution in [-0.2, 0) is 11.4 Å². The lowest BCUT2D eigenvalue weighted by molar-refractivity contribution is -0.113. The van der Waals surface area contributed by atoms with Crippen molar-refractivity contribution >= 4 is 58.2 Å². The first-order chi connectivity index (χ1) is 17.8. The van der Waals surface area contributed by atoms with Crippen LogP contribution in [0.1, 0.15) is 44.5 Å². The van der Waals surface area contributed by atoms with Gasteiger partial charge in [0.1, 0.15) is 6.61 Å². The van der Waals surface area contributed by atoms with Gasteiger partial charge in [-0.05, 0) is 68.2 Å². The first kappa shape index (κ1) is 26.6. The number of para-hydroxylation sites is 1. The highest BCUT2D eigenvalue weighted by molar-refractivity contribution is 7.99. The molecule has 1 heterocycles. The molecule has 0 unspecified atom stereocenters. The van der Waals surface area contributed by atoms with Crippen LogP contribution >= 0.6 is 46.6 Å². The number of halogens is 4. The van der Waals surface area contributed by atoms with E-state index in [-0.39, 0.29) is 40.1 Å². The Labute approximate surface area is 234 Å². The quantitative estimate of drug-likeness (QED) is 0.262. The molecule has 2 saturated carbocycles. The van der Waals surface area contributed by atoms with E-state index in [1.807, 2.05) is 0 Å². The first-order valence-electron chi connectivity index (χ1n) is 12.2. The van der Waals surface area contributed by atoms with Gasteiger partial charge in [-0.15, -0.1) is 10.2 Å². The molecular weight excluding hydrogens is 558 g/mol. The Kier molecular flexibility index (Phi) is 8.19. The zero-order valence-electron chi connectivity index (χ0n) is 20.1. The summed E-state index contributed by atoms with van der Waals surface area (Å²) in [6.07, 6.45) is 4.99. The molecule has 2 aliphatic carbocycles. The Morgan fingerprint density at radius 2 is 1.95 bits per heavy atom. The van der Waals surface area contributed by atoms with Gasteiger partial charge in [-0.2, -0.15) is 0 Å². The molecule has 37 heavy (non-hydrogen) atoms. The van der Waals surface area contributed by atoms with E-state index in [0.717, 1.165) is 5.92 Å². The number of rotatable bonds is 9. The summed E-state index contributed by atoms with van der Waals surface area (Å²) in [5.74, 6) is 2.08. The van der Waals surface area contributed by atoms with Crippen molar-refractivity contribution in [1.29, 1.82) is 0 Å². The van der Waals surface area contributed by atoms with Crippen molar-refractivity contribution in [2.75, 3.05) is 11.1 Å². The Hall–Kier alpha value is -2.00. The number of carbonyl (C=O) groups excluding carboxylic acids is 1. The van der Waals surface area contributed by atoms with E-state index in [2.05, 4.69) is 27.0 Å². The van der Waals surface area contributed by atoms with Crippen molar-refractivity contribution in [3.05, 3.63) is 63.1 Å². The predicted molar refractivity (Wildman–Crippen MR) is 145 cm³/mol. The van der Waals surface area contributed by atoms with Crippen LogP contribution in [0.5, 0.6) is 5.75 Å². The van der Waals surface area contributed by atoms with E-state index in [4.69, 9.17) is 39.5 Å². The van der Waals surface area contributed by atoms with Gasteiger partial charge in [-0.3, -0.25) is 9.36 Å². The van der Waals surface area contributed by atoms with Crippen molar-refractivity contribution in [2.24, 2.45) is 17.8 Å². The number of ether oxygens (including phenoxy) is 1. The van der Waals surface area contributed by atoms with Crippen LogP contribution in [0.2, 0.25) is 15.1 Å². The van der Waals surface area contributed by atoms with Gasteiger partial charge in [0.05, 0.1) is 21.5 Å². The molecule has 2 bridgehead atoms. The molecule has 2 aliphatic rings. The van der Waals surface area contributed by atoms with Crippen molar-refractivity contribution in [1.82, 2.24) is 14.8 Å². The normalized spacial score (nSPS) is 21.3. The Morgan fingerprint density at radius 3 is 2.62 bits per heavy atom. The summed E-state index contributed by atoms with van der Waals surface area (Å²) in [4.78, 5) is 12.8. The molecule has 2 fully saturated rings. The summed E-state index contributed by atoms with van der Waals surface area (Å²) in [5, 5.41) is 13.0. The minimum absolute atomic E-state index is 0.0713. The summed E-state index contributed by atoms with van der Waals surface area (Å²) >= 11 is 19.7.